The number of hydrogen-bond donors (Lipinski definition) is 3. The molecule has 1 aromatic rings. The summed E-state index contributed by atoms with van der Waals surface area (Å²) in [6.07, 6.45) is 2.88. The second-order valence-corrected chi connectivity index (χ2v) is 6.13. The minimum atomic E-state index is -3.75. The molecule has 4 N–H and O–H groups in total. The van der Waals surface area contributed by atoms with Gasteiger partial charge < -0.3 is 10.6 Å². The molecule has 1 aliphatic rings. The van der Waals surface area contributed by atoms with Crippen LogP contribution in [0.2, 0.25) is 0 Å². The number of nitrogens with one attached hydrogen (secondary N) is 2. The van der Waals surface area contributed by atoms with Crippen LogP contribution in [0.25, 0.3) is 0 Å². The Morgan fingerprint density at radius 1 is 1.37 bits per heavy atom. The predicted molar refractivity (Wildman–Crippen MR) is 72.1 cm³/mol. The van der Waals surface area contributed by atoms with Crippen LogP contribution >= 0.6 is 0 Å². The molecule has 104 valence electrons. The van der Waals surface area contributed by atoms with E-state index >= 15 is 0 Å². The van der Waals surface area contributed by atoms with Crippen LogP contribution in [-0.2, 0) is 14.8 Å². The lowest BCUT2D eigenvalue weighted by atomic mass is 10.0. The number of anilines is 1. The van der Waals surface area contributed by atoms with Crippen molar-refractivity contribution < 1.29 is 13.2 Å². The third kappa shape index (κ3) is 3.76. The Kier molecular flexibility index (Phi) is 4.18. The van der Waals surface area contributed by atoms with E-state index in [9.17, 15) is 13.2 Å². The summed E-state index contributed by atoms with van der Waals surface area (Å²) in [6, 6.07) is 5.71. The molecule has 2 rings (SSSR count). The van der Waals surface area contributed by atoms with Gasteiger partial charge in [0.1, 0.15) is 0 Å². The molecule has 0 aliphatic carbocycles. The summed E-state index contributed by atoms with van der Waals surface area (Å²) >= 11 is 0. The standard InChI is InChI=1S/C12H17N3O3S/c13-19(17,18)10-5-3-4-9(8-10)15-12(16)11-6-1-2-7-14-11/h3-5,8,11,14H,1-2,6-7H2,(H,15,16)(H2,13,17,18). The number of carbonyl (C=O) groups excluding carboxylic acids is 1. The topological polar surface area (TPSA) is 101 Å². The van der Waals surface area contributed by atoms with Gasteiger partial charge in [0.05, 0.1) is 10.9 Å². The zero-order valence-electron chi connectivity index (χ0n) is 10.4. The number of hydrogen-bond acceptors (Lipinski definition) is 4. The van der Waals surface area contributed by atoms with Crippen LogP contribution in [-0.4, -0.2) is 26.9 Å². The van der Waals surface area contributed by atoms with Crippen LogP contribution in [0.1, 0.15) is 19.3 Å². The summed E-state index contributed by atoms with van der Waals surface area (Å²) in [7, 11) is -3.75. The molecule has 0 saturated carbocycles. The van der Waals surface area contributed by atoms with Crippen molar-refractivity contribution in [1.29, 1.82) is 0 Å². The molecule has 0 aromatic heterocycles. The molecular weight excluding hydrogens is 266 g/mol. The number of rotatable bonds is 3. The number of piperidine rings is 1. The van der Waals surface area contributed by atoms with Gasteiger partial charge in [-0.1, -0.05) is 12.5 Å². The summed E-state index contributed by atoms with van der Waals surface area (Å²) < 4.78 is 22.5. The Labute approximate surface area is 112 Å². The zero-order valence-corrected chi connectivity index (χ0v) is 11.2. The van der Waals surface area contributed by atoms with Gasteiger partial charge in [0.25, 0.3) is 0 Å². The molecular formula is C12H17N3O3S. The van der Waals surface area contributed by atoms with Crippen LogP contribution in [0, 0.1) is 0 Å². The number of nitrogens with two attached hydrogens (primary N) is 1. The lowest BCUT2D eigenvalue weighted by Gasteiger charge is -2.22. The molecule has 1 saturated heterocycles. The summed E-state index contributed by atoms with van der Waals surface area (Å²) in [6.45, 7) is 0.829. The molecule has 1 aliphatic heterocycles. The molecule has 1 unspecified atom stereocenters. The summed E-state index contributed by atoms with van der Waals surface area (Å²) in [4.78, 5) is 12.0. The minimum absolute atomic E-state index is 0.0121. The van der Waals surface area contributed by atoms with Crippen molar-refractivity contribution in [2.45, 2.75) is 30.2 Å². The van der Waals surface area contributed by atoms with Crippen LogP contribution in [0.5, 0.6) is 0 Å². The van der Waals surface area contributed by atoms with E-state index in [-0.39, 0.29) is 16.8 Å². The first kappa shape index (κ1) is 14.0. The molecule has 1 fully saturated rings. The summed E-state index contributed by atoms with van der Waals surface area (Å²) in [5.41, 5.74) is 0.434. The van der Waals surface area contributed by atoms with Gasteiger partial charge in [-0.05, 0) is 37.6 Å². The highest BCUT2D eigenvalue weighted by atomic mass is 32.2. The van der Waals surface area contributed by atoms with E-state index < -0.39 is 10.0 Å². The molecule has 0 bridgehead atoms. The number of amides is 1. The largest absolute Gasteiger partial charge is 0.325 e. The Morgan fingerprint density at radius 3 is 2.79 bits per heavy atom. The van der Waals surface area contributed by atoms with Crippen LogP contribution in [0.4, 0.5) is 5.69 Å². The van der Waals surface area contributed by atoms with Gasteiger partial charge in [-0.3, -0.25) is 4.79 Å². The molecule has 1 heterocycles. The molecule has 1 aromatic carbocycles. The third-order valence-corrected chi connectivity index (χ3v) is 3.97. The second kappa shape index (κ2) is 5.68. The van der Waals surface area contributed by atoms with Gasteiger partial charge in [0.2, 0.25) is 15.9 Å². The van der Waals surface area contributed by atoms with E-state index in [1.807, 2.05) is 0 Å². The van der Waals surface area contributed by atoms with Crippen LogP contribution < -0.4 is 15.8 Å². The maximum Gasteiger partial charge on any atom is 0.241 e. The van der Waals surface area contributed by atoms with Gasteiger partial charge in [0.15, 0.2) is 0 Å². The van der Waals surface area contributed by atoms with Crippen molar-refractivity contribution in [1.82, 2.24) is 5.32 Å². The lowest BCUT2D eigenvalue weighted by Crippen LogP contribution is -2.43. The zero-order chi connectivity index (χ0) is 13.9. The van der Waals surface area contributed by atoms with Crippen molar-refractivity contribution in [3.8, 4) is 0 Å². The highest BCUT2D eigenvalue weighted by Crippen LogP contribution is 2.15. The SMILES string of the molecule is NS(=O)(=O)c1cccc(NC(=O)C2CCCCN2)c1. The fourth-order valence-electron chi connectivity index (χ4n) is 2.06. The van der Waals surface area contributed by atoms with Gasteiger partial charge in [0, 0.05) is 5.69 Å². The Morgan fingerprint density at radius 2 is 2.16 bits per heavy atom. The maximum absolute atomic E-state index is 12.0. The average Bonchev–Trinajstić information content (AvgIpc) is 2.39. The van der Waals surface area contributed by atoms with E-state index in [1.165, 1.54) is 12.1 Å². The average molecular weight is 283 g/mol. The first-order chi connectivity index (χ1) is 8.97. The van der Waals surface area contributed by atoms with Crippen LogP contribution in [0.3, 0.4) is 0 Å². The fraction of sp³-hybridized carbons (Fsp3) is 0.417. The molecule has 7 heteroatoms. The summed E-state index contributed by atoms with van der Waals surface area (Å²) in [5.74, 6) is -0.147. The fourth-order valence-corrected chi connectivity index (χ4v) is 2.62. The normalized spacial score (nSPS) is 19.9. The molecule has 1 atom stereocenters. The van der Waals surface area contributed by atoms with Gasteiger partial charge in [-0.15, -0.1) is 0 Å². The van der Waals surface area contributed by atoms with E-state index in [0.717, 1.165) is 25.8 Å². The van der Waals surface area contributed by atoms with Crippen molar-refractivity contribution in [3.63, 3.8) is 0 Å². The lowest BCUT2D eigenvalue weighted by molar-refractivity contribution is -0.118. The van der Waals surface area contributed by atoms with Crippen molar-refractivity contribution in [3.05, 3.63) is 24.3 Å². The molecule has 1 amide bonds. The second-order valence-electron chi connectivity index (χ2n) is 4.56. The van der Waals surface area contributed by atoms with Crippen molar-refractivity contribution >= 4 is 21.6 Å². The maximum atomic E-state index is 12.0. The first-order valence-corrected chi connectivity index (χ1v) is 7.68. The van der Waals surface area contributed by atoms with Gasteiger partial charge in [-0.25, -0.2) is 13.6 Å². The van der Waals surface area contributed by atoms with Crippen molar-refractivity contribution in [2.24, 2.45) is 5.14 Å². The Hall–Kier alpha value is -1.44. The number of sulfonamides is 1. The number of primary sulfonamides is 1. The van der Waals surface area contributed by atoms with E-state index in [0.29, 0.717) is 5.69 Å². The first-order valence-electron chi connectivity index (χ1n) is 6.14. The number of benzene rings is 1. The molecule has 19 heavy (non-hydrogen) atoms. The molecule has 0 spiro atoms. The highest BCUT2D eigenvalue weighted by molar-refractivity contribution is 7.89. The Balaban J connectivity index is 2.08. The van der Waals surface area contributed by atoms with E-state index in [1.54, 1.807) is 12.1 Å². The monoisotopic (exact) mass is 283 g/mol. The van der Waals surface area contributed by atoms with Gasteiger partial charge >= 0.3 is 0 Å². The van der Waals surface area contributed by atoms with Crippen molar-refractivity contribution in [2.75, 3.05) is 11.9 Å². The number of carbonyl (C=O) groups is 1. The van der Waals surface area contributed by atoms with Gasteiger partial charge in [-0.2, -0.15) is 0 Å². The Bertz CT molecular complexity index is 565. The quantitative estimate of drug-likeness (QED) is 0.748. The van der Waals surface area contributed by atoms with E-state index in [2.05, 4.69) is 10.6 Å². The summed E-state index contributed by atoms with van der Waals surface area (Å²) in [5, 5.41) is 10.9. The third-order valence-electron chi connectivity index (χ3n) is 3.06. The minimum Gasteiger partial charge on any atom is -0.325 e. The van der Waals surface area contributed by atoms with Crippen LogP contribution in [0.15, 0.2) is 29.2 Å². The molecule has 0 radical (unpaired) electrons. The predicted octanol–water partition coefficient (Wildman–Crippen LogP) is 0.415. The molecule has 6 nitrogen and oxygen atoms in total. The highest BCUT2D eigenvalue weighted by Gasteiger charge is 2.20. The smallest absolute Gasteiger partial charge is 0.241 e. The van der Waals surface area contributed by atoms with E-state index in [4.69, 9.17) is 5.14 Å².